The van der Waals surface area contributed by atoms with E-state index in [4.69, 9.17) is 4.74 Å². The second-order valence-electron chi connectivity index (χ2n) is 4.45. The molecule has 7 heteroatoms. The zero-order valence-corrected chi connectivity index (χ0v) is 11.9. The minimum absolute atomic E-state index is 0.347. The average Bonchev–Trinajstić information content (AvgIpc) is 2.45. The Morgan fingerprint density at radius 2 is 1.90 bits per heavy atom. The van der Waals surface area contributed by atoms with Gasteiger partial charge in [-0.1, -0.05) is 12.1 Å². The number of carbonyl (C=O) groups is 1. The minimum atomic E-state index is -4.51. The van der Waals surface area contributed by atoms with Gasteiger partial charge in [-0.3, -0.25) is 4.79 Å². The van der Waals surface area contributed by atoms with Crippen LogP contribution in [0.5, 0.6) is 5.75 Å². The molecule has 1 rings (SSSR count). The minimum Gasteiger partial charge on any atom is -0.497 e. The van der Waals surface area contributed by atoms with Gasteiger partial charge in [-0.25, -0.2) is 0 Å². The molecular formula is C14H18F3NO3. The Balaban J connectivity index is 2.47. The van der Waals surface area contributed by atoms with Gasteiger partial charge in [0.2, 0.25) is 0 Å². The molecule has 0 radical (unpaired) electrons. The molecule has 0 unspecified atom stereocenters. The predicted octanol–water partition coefficient (Wildman–Crippen LogP) is 2.32. The Morgan fingerprint density at radius 1 is 1.29 bits per heavy atom. The second-order valence-corrected chi connectivity index (χ2v) is 4.45. The molecule has 21 heavy (non-hydrogen) atoms. The highest BCUT2D eigenvalue weighted by Crippen LogP contribution is 2.16. The van der Waals surface area contributed by atoms with Crippen LogP contribution in [0.15, 0.2) is 24.3 Å². The van der Waals surface area contributed by atoms with Crippen LogP contribution in [0.25, 0.3) is 0 Å². The maximum absolute atomic E-state index is 12.0. The first kappa shape index (κ1) is 17.3. The van der Waals surface area contributed by atoms with Crippen molar-refractivity contribution in [2.24, 2.45) is 0 Å². The fourth-order valence-corrected chi connectivity index (χ4v) is 1.74. The zero-order valence-electron chi connectivity index (χ0n) is 11.9. The van der Waals surface area contributed by atoms with Crippen LogP contribution in [-0.2, 0) is 16.0 Å². The summed E-state index contributed by atoms with van der Waals surface area (Å²) in [5.74, 6) is -0.183. The lowest BCUT2D eigenvalue weighted by Crippen LogP contribution is -2.37. The molecule has 0 saturated heterocycles. The normalized spacial score (nSPS) is 12.8. The molecule has 0 spiro atoms. The predicted molar refractivity (Wildman–Crippen MR) is 71.2 cm³/mol. The standard InChI is InChI=1S/C14H18F3NO3/c1-18-12(13(19)21-9-14(15,16)17)8-5-10-3-6-11(20-2)7-4-10/h3-4,6-7,12,18H,5,8-9H2,1-2H3/t12-/m0/s1. The summed E-state index contributed by atoms with van der Waals surface area (Å²) >= 11 is 0. The first-order valence-corrected chi connectivity index (χ1v) is 6.39. The van der Waals surface area contributed by atoms with Crippen molar-refractivity contribution in [1.29, 1.82) is 0 Å². The molecule has 118 valence electrons. The third-order valence-corrected chi connectivity index (χ3v) is 2.89. The monoisotopic (exact) mass is 305 g/mol. The summed E-state index contributed by atoms with van der Waals surface area (Å²) in [6.07, 6.45) is -3.62. The first-order valence-electron chi connectivity index (χ1n) is 6.39. The average molecular weight is 305 g/mol. The van der Waals surface area contributed by atoms with Crippen molar-refractivity contribution in [1.82, 2.24) is 5.32 Å². The molecule has 1 atom stereocenters. The molecule has 0 fully saturated rings. The Hall–Kier alpha value is -1.76. The highest BCUT2D eigenvalue weighted by Gasteiger charge is 2.31. The van der Waals surface area contributed by atoms with Crippen molar-refractivity contribution in [3.63, 3.8) is 0 Å². The molecule has 4 nitrogen and oxygen atoms in total. The van der Waals surface area contributed by atoms with Gasteiger partial charge in [0, 0.05) is 0 Å². The van der Waals surface area contributed by atoms with E-state index in [1.807, 2.05) is 12.1 Å². The SMILES string of the molecule is CN[C@@H](CCc1ccc(OC)cc1)C(=O)OCC(F)(F)F. The van der Waals surface area contributed by atoms with E-state index in [9.17, 15) is 18.0 Å². The molecule has 0 saturated carbocycles. The Morgan fingerprint density at radius 3 is 2.38 bits per heavy atom. The highest BCUT2D eigenvalue weighted by molar-refractivity contribution is 5.75. The number of methoxy groups -OCH3 is 1. The lowest BCUT2D eigenvalue weighted by molar-refractivity contribution is -0.187. The lowest BCUT2D eigenvalue weighted by atomic mass is 10.1. The molecule has 1 N–H and O–H groups in total. The van der Waals surface area contributed by atoms with Gasteiger partial charge in [-0.2, -0.15) is 13.2 Å². The van der Waals surface area contributed by atoms with E-state index in [0.717, 1.165) is 5.56 Å². The summed E-state index contributed by atoms with van der Waals surface area (Å²) in [6.45, 7) is -1.56. The third-order valence-electron chi connectivity index (χ3n) is 2.89. The van der Waals surface area contributed by atoms with Gasteiger partial charge in [-0.05, 0) is 37.6 Å². The van der Waals surface area contributed by atoms with Gasteiger partial charge < -0.3 is 14.8 Å². The summed E-state index contributed by atoms with van der Waals surface area (Å²) in [4.78, 5) is 11.5. The molecular weight excluding hydrogens is 287 g/mol. The van der Waals surface area contributed by atoms with E-state index in [1.54, 1.807) is 19.2 Å². The molecule has 1 aromatic rings. The van der Waals surface area contributed by atoms with Crippen molar-refractivity contribution >= 4 is 5.97 Å². The van der Waals surface area contributed by atoms with Crippen molar-refractivity contribution in [2.75, 3.05) is 20.8 Å². The van der Waals surface area contributed by atoms with Gasteiger partial charge in [0.25, 0.3) is 0 Å². The van der Waals surface area contributed by atoms with Crippen LogP contribution < -0.4 is 10.1 Å². The van der Waals surface area contributed by atoms with E-state index in [1.165, 1.54) is 7.05 Å². The lowest BCUT2D eigenvalue weighted by Gasteiger charge is -2.16. The number of benzene rings is 1. The van der Waals surface area contributed by atoms with Crippen LogP contribution in [0.4, 0.5) is 13.2 Å². The quantitative estimate of drug-likeness (QED) is 0.785. The fourth-order valence-electron chi connectivity index (χ4n) is 1.74. The number of nitrogens with one attached hydrogen (secondary N) is 1. The number of rotatable bonds is 7. The Kier molecular flexibility index (Phi) is 6.48. The Bertz CT molecular complexity index is 446. The molecule has 0 bridgehead atoms. The summed E-state index contributed by atoms with van der Waals surface area (Å²) in [5.41, 5.74) is 0.958. The van der Waals surface area contributed by atoms with Crippen LogP contribution in [0, 0.1) is 0 Å². The number of ether oxygens (including phenoxy) is 2. The smallest absolute Gasteiger partial charge is 0.422 e. The summed E-state index contributed by atoms with van der Waals surface area (Å²) < 4.78 is 45.3. The van der Waals surface area contributed by atoms with Crippen molar-refractivity contribution < 1.29 is 27.4 Å². The van der Waals surface area contributed by atoms with Gasteiger partial charge in [0.1, 0.15) is 11.8 Å². The van der Waals surface area contributed by atoms with E-state index in [-0.39, 0.29) is 0 Å². The summed E-state index contributed by atoms with van der Waals surface area (Å²) in [6, 6.07) is 6.48. The van der Waals surface area contributed by atoms with Crippen molar-refractivity contribution in [3.8, 4) is 5.75 Å². The van der Waals surface area contributed by atoms with E-state index in [0.29, 0.717) is 18.6 Å². The number of aryl methyl sites for hydroxylation is 1. The van der Waals surface area contributed by atoms with Crippen LogP contribution in [0.2, 0.25) is 0 Å². The molecule has 1 aromatic carbocycles. The van der Waals surface area contributed by atoms with Crippen LogP contribution in [-0.4, -0.2) is 39.0 Å². The molecule has 0 heterocycles. The highest BCUT2D eigenvalue weighted by atomic mass is 19.4. The first-order chi connectivity index (χ1) is 9.85. The molecule has 0 aliphatic rings. The van der Waals surface area contributed by atoms with Crippen LogP contribution in [0.1, 0.15) is 12.0 Å². The number of esters is 1. The maximum Gasteiger partial charge on any atom is 0.422 e. The van der Waals surface area contributed by atoms with Gasteiger partial charge in [-0.15, -0.1) is 0 Å². The van der Waals surface area contributed by atoms with Crippen LogP contribution >= 0.6 is 0 Å². The fraction of sp³-hybridized carbons (Fsp3) is 0.500. The molecule has 0 aromatic heterocycles. The summed E-state index contributed by atoms with van der Waals surface area (Å²) in [5, 5.41) is 2.66. The second kappa shape index (κ2) is 7.87. The van der Waals surface area contributed by atoms with Gasteiger partial charge in [0.05, 0.1) is 7.11 Å². The summed E-state index contributed by atoms with van der Waals surface area (Å²) in [7, 11) is 3.07. The third kappa shape index (κ3) is 6.48. The van der Waals surface area contributed by atoms with E-state index < -0.39 is 24.8 Å². The van der Waals surface area contributed by atoms with Crippen LogP contribution in [0.3, 0.4) is 0 Å². The maximum atomic E-state index is 12.0. The number of alkyl halides is 3. The van der Waals surface area contributed by atoms with E-state index in [2.05, 4.69) is 10.1 Å². The van der Waals surface area contributed by atoms with Crippen molar-refractivity contribution in [2.45, 2.75) is 25.1 Å². The number of carbonyl (C=O) groups excluding carboxylic acids is 1. The molecule has 0 aliphatic carbocycles. The Labute approximate surface area is 121 Å². The number of halogens is 3. The number of hydrogen-bond donors (Lipinski definition) is 1. The largest absolute Gasteiger partial charge is 0.497 e. The molecule has 0 amide bonds. The van der Waals surface area contributed by atoms with Crippen molar-refractivity contribution in [3.05, 3.63) is 29.8 Å². The topological polar surface area (TPSA) is 47.6 Å². The van der Waals surface area contributed by atoms with E-state index >= 15 is 0 Å². The molecule has 0 aliphatic heterocycles. The van der Waals surface area contributed by atoms with Gasteiger partial charge >= 0.3 is 12.1 Å². The number of likely N-dealkylation sites (N-methyl/N-ethyl adjacent to an activating group) is 1. The van der Waals surface area contributed by atoms with Gasteiger partial charge in [0.15, 0.2) is 6.61 Å². The number of hydrogen-bond acceptors (Lipinski definition) is 4. The zero-order chi connectivity index (χ0) is 15.9.